The highest BCUT2D eigenvalue weighted by molar-refractivity contribution is 7.05. The van der Waals surface area contributed by atoms with E-state index in [0.29, 0.717) is 12.5 Å². The van der Waals surface area contributed by atoms with Crippen molar-refractivity contribution < 1.29 is 5.11 Å². The van der Waals surface area contributed by atoms with Crippen molar-refractivity contribution in [2.24, 2.45) is 0 Å². The molecule has 0 aromatic carbocycles. The number of hydrogen-bond donors (Lipinski definition) is 1. The lowest BCUT2D eigenvalue weighted by molar-refractivity contribution is 0.179. The highest BCUT2D eigenvalue weighted by Gasteiger charge is 2.20. The Labute approximate surface area is 123 Å². The van der Waals surface area contributed by atoms with Gasteiger partial charge < -0.3 is 5.11 Å². The number of rotatable bonds is 6. The average Bonchev–Trinajstić information content (AvgIpc) is 3.06. The predicted molar refractivity (Wildman–Crippen MR) is 79.9 cm³/mol. The lowest BCUT2D eigenvalue weighted by atomic mass is 10.1. The fourth-order valence-electron chi connectivity index (χ4n) is 2.05. The van der Waals surface area contributed by atoms with Crippen molar-refractivity contribution in [3.05, 3.63) is 28.5 Å². The number of aromatic nitrogens is 4. The van der Waals surface area contributed by atoms with Crippen LogP contribution in [0.2, 0.25) is 0 Å². The number of hydrogen-bond acceptors (Lipinski definition) is 5. The third kappa shape index (κ3) is 3.24. The van der Waals surface area contributed by atoms with Crippen molar-refractivity contribution >= 4 is 11.5 Å². The van der Waals surface area contributed by atoms with Crippen LogP contribution in [0.4, 0.5) is 0 Å². The van der Waals surface area contributed by atoms with E-state index in [-0.39, 0.29) is 5.92 Å². The zero-order valence-electron chi connectivity index (χ0n) is 12.4. The van der Waals surface area contributed by atoms with Crippen LogP contribution in [0.1, 0.15) is 68.4 Å². The van der Waals surface area contributed by atoms with Crippen molar-refractivity contribution in [2.75, 3.05) is 0 Å². The third-order valence-electron chi connectivity index (χ3n) is 3.50. The minimum absolute atomic E-state index is 0.274. The van der Waals surface area contributed by atoms with Crippen LogP contribution in [-0.4, -0.2) is 24.5 Å². The van der Waals surface area contributed by atoms with Gasteiger partial charge >= 0.3 is 0 Å². The molecule has 2 unspecified atom stereocenters. The molecule has 6 heteroatoms. The Bertz CT molecular complexity index is 549. The molecule has 0 aliphatic carbocycles. The topological polar surface area (TPSA) is 63.8 Å². The molecule has 1 N–H and O–H groups in total. The second-order valence-electron chi connectivity index (χ2n) is 5.44. The van der Waals surface area contributed by atoms with Crippen molar-refractivity contribution in [1.82, 2.24) is 19.4 Å². The normalized spacial score (nSPS) is 14.7. The van der Waals surface area contributed by atoms with Crippen molar-refractivity contribution in [1.29, 1.82) is 0 Å². The smallest absolute Gasteiger partial charge is 0.0973 e. The van der Waals surface area contributed by atoms with Crippen LogP contribution in [0.3, 0.4) is 0 Å². The summed E-state index contributed by atoms with van der Waals surface area (Å²) in [4.78, 5) is 0.859. The highest BCUT2D eigenvalue weighted by atomic mass is 32.1. The van der Waals surface area contributed by atoms with E-state index in [1.165, 1.54) is 11.5 Å². The van der Waals surface area contributed by atoms with E-state index < -0.39 is 6.10 Å². The SMILES string of the molecule is CCC(C)n1ccc(CC(O)c2snnc2C(C)C)n1. The first kappa shape index (κ1) is 15.1. The van der Waals surface area contributed by atoms with Gasteiger partial charge in [0.05, 0.1) is 22.4 Å². The zero-order valence-corrected chi connectivity index (χ0v) is 13.3. The Kier molecular flexibility index (Phi) is 4.88. The van der Waals surface area contributed by atoms with Crippen LogP contribution in [0.5, 0.6) is 0 Å². The molecule has 0 fully saturated rings. The molecule has 2 aromatic rings. The Morgan fingerprint density at radius 2 is 2.10 bits per heavy atom. The van der Waals surface area contributed by atoms with Gasteiger partial charge in [-0.05, 0) is 36.9 Å². The summed E-state index contributed by atoms with van der Waals surface area (Å²) < 4.78 is 5.91. The Morgan fingerprint density at radius 1 is 1.35 bits per heavy atom. The molecule has 0 aliphatic heterocycles. The summed E-state index contributed by atoms with van der Waals surface area (Å²) in [5.41, 5.74) is 1.80. The first-order chi connectivity index (χ1) is 9.52. The first-order valence-corrected chi connectivity index (χ1v) is 7.84. The highest BCUT2D eigenvalue weighted by Crippen LogP contribution is 2.28. The molecule has 0 amide bonds. The van der Waals surface area contributed by atoms with Crippen LogP contribution in [0.25, 0.3) is 0 Å². The summed E-state index contributed by atoms with van der Waals surface area (Å²) in [6, 6.07) is 2.36. The molecule has 2 heterocycles. The molecule has 2 rings (SSSR count). The summed E-state index contributed by atoms with van der Waals surface area (Å²) in [7, 11) is 0. The van der Waals surface area contributed by atoms with Gasteiger partial charge in [-0.15, -0.1) is 5.10 Å². The first-order valence-electron chi connectivity index (χ1n) is 7.07. The van der Waals surface area contributed by atoms with Crippen molar-refractivity contribution in [2.45, 2.75) is 58.6 Å². The van der Waals surface area contributed by atoms with Crippen LogP contribution in [0, 0.1) is 0 Å². The van der Waals surface area contributed by atoms with Gasteiger partial charge in [0.1, 0.15) is 0 Å². The Balaban J connectivity index is 2.09. The maximum Gasteiger partial charge on any atom is 0.0973 e. The summed E-state index contributed by atoms with van der Waals surface area (Å²) >= 11 is 1.28. The Morgan fingerprint density at radius 3 is 2.75 bits per heavy atom. The van der Waals surface area contributed by atoms with Crippen LogP contribution >= 0.6 is 11.5 Å². The van der Waals surface area contributed by atoms with E-state index in [2.05, 4.69) is 42.4 Å². The average molecular weight is 294 g/mol. The van der Waals surface area contributed by atoms with Gasteiger partial charge in [-0.2, -0.15) is 5.10 Å². The summed E-state index contributed by atoms with van der Waals surface area (Å²) in [5, 5.41) is 19.0. The largest absolute Gasteiger partial charge is 0.387 e. The van der Waals surface area contributed by atoms with Gasteiger partial charge in [0.25, 0.3) is 0 Å². The molecule has 0 aliphatic rings. The van der Waals surface area contributed by atoms with Crippen molar-refractivity contribution in [3.63, 3.8) is 0 Å². The maximum absolute atomic E-state index is 10.4. The predicted octanol–water partition coefficient (Wildman–Crippen LogP) is 3.11. The fourth-order valence-corrected chi connectivity index (χ4v) is 2.84. The minimum Gasteiger partial charge on any atom is -0.387 e. The number of aliphatic hydroxyl groups excluding tert-OH is 1. The van der Waals surface area contributed by atoms with Crippen LogP contribution in [-0.2, 0) is 6.42 Å². The monoisotopic (exact) mass is 294 g/mol. The van der Waals surface area contributed by atoms with Gasteiger partial charge in [-0.25, -0.2) is 0 Å². The minimum atomic E-state index is -0.576. The molecule has 0 spiro atoms. The molecule has 0 saturated carbocycles. The standard InChI is InChI=1S/C14H22N4OS/c1-5-10(4)18-7-6-11(16-18)8-12(19)14-13(9(2)3)15-17-20-14/h6-7,9-10,12,19H,5,8H2,1-4H3. The van der Waals surface area contributed by atoms with Crippen LogP contribution < -0.4 is 0 Å². The van der Waals surface area contributed by atoms with E-state index in [1.54, 1.807) is 0 Å². The van der Waals surface area contributed by atoms with Gasteiger partial charge in [-0.3, -0.25) is 4.68 Å². The van der Waals surface area contributed by atoms with Gasteiger partial charge in [0, 0.05) is 18.7 Å². The second-order valence-corrected chi connectivity index (χ2v) is 6.23. The Hall–Kier alpha value is -1.27. The van der Waals surface area contributed by atoms with E-state index in [4.69, 9.17) is 0 Å². The second kappa shape index (κ2) is 6.45. The third-order valence-corrected chi connectivity index (χ3v) is 4.34. The van der Waals surface area contributed by atoms with E-state index in [9.17, 15) is 5.11 Å². The fraction of sp³-hybridized carbons (Fsp3) is 0.643. The van der Waals surface area contributed by atoms with Crippen molar-refractivity contribution in [3.8, 4) is 0 Å². The molecule has 110 valence electrons. The van der Waals surface area contributed by atoms with E-state index in [0.717, 1.165) is 22.7 Å². The molecule has 5 nitrogen and oxygen atoms in total. The molecule has 2 atom stereocenters. The van der Waals surface area contributed by atoms with E-state index in [1.807, 2.05) is 16.9 Å². The van der Waals surface area contributed by atoms with Gasteiger partial charge in [0.2, 0.25) is 0 Å². The summed E-state index contributed by atoms with van der Waals surface area (Å²) in [5.74, 6) is 0.274. The summed E-state index contributed by atoms with van der Waals surface area (Å²) in [6.45, 7) is 8.39. The van der Waals surface area contributed by atoms with E-state index >= 15 is 0 Å². The summed E-state index contributed by atoms with van der Waals surface area (Å²) in [6.07, 6.45) is 2.95. The zero-order chi connectivity index (χ0) is 14.7. The molecular formula is C14H22N4OS. The molecule has 20 heavy (non-hydrogen) atoms. The molecule has 0 radical (unpaired) electrons. The lowest BCUT2D eigenvalue weighted by Gasteiger charge is -2.11. The van der Waals surface area contributed by atoms with Crippen LogP contribution in [0.15, 0.2) is 12.3 Å². The maximum atomic E-state index is 10.4. The number of nitrogens with zero attached hydrogens (tertiary/aromatic N) is 4. The molecular weight excluding hydrogens is 272 g/mol. The molecule has 0 saturated heterocycles. The molecule has 2 aromatic heterocycles. The quantitative estimate of drug-likeness (QED) is 0.889. The van der Waals surface area contributed by atoms with Gasteiger partial charge in [0.15, 0.2) is 0 Å². The lowest BCUT2D eigenvalue weighted by Crippen LogP contribution is -2.07. The van der Waals surface area contributed by atoms with Gasteiger partial charge in [-0.1, -0.05) is 25.3 Å². The molecule has 0 bridgehead atoms. The number of aliphatic hydroxyl groups is 1.